The highest BCUT2D eigenvalue weighted by atomic mass is 35.5. The molecule has 3 aromatic rings. The normalized spacial score (nSPS) is 26.9. The number of aliphatic hydroxyl groups excluding tert-OH is 4. The van der Waals surface area contributed by atoms with Crippen LogP contribution in [0.5, 0.6) is 0 Å². The number of rotatable bonds is 5. The van der Waals surface area contributed by atoms with E-state index in [9.17, 15) is 20.4 Å². The molecule has 160 valence electrons. The molecule has 1 aliphatic rings. The molecule has 1 saturated heterocycles. The van der Waals surface area contributed by atoms with Crippen LogP contribution in [-0.2, 0) is 11.2 Å². The number of hydrogen-bond acceptors (Lipinski definition) is 6. The number of para-hydroxylation sites is 1. The van der Waals surface area contributed by atoms with E-state index in [2.05, 4.69) is 31.2 Å². The van der Waals surface area contributed by atoms with Crippen LogP contribution in [0.15, 0.2) is 58.5 Å². The van der Waals surface area contributed by atoms with Crippen molar-refractivity contribution in [2.45, 2.75) is 53.8 Å². The van der Waals surface area contributed by atoms with Crippen LogP contribution in [0.1, 0.15) is 18.7 Å². The van der Waals surface area contributed by atoms with E-state index in [-0.39, 0.29) is 0 Å². The van der Waals surface area contributed by atoms with Crippen LogP contribution >= 0.6 is 23.4 Å². The molecule has 0 amide bonds. The fraction of sp³-hybridized carbons (Fsp3) is 0.364. The lowest BCUT2D eigenvalue weighted by molar-refractivity contribution is -0.250. The van der Waals surface area contributed by atoms with Crippen molar-refractivity contribution >= 4 is 34.3 Å². The number of aromatic nitrogens is 1. The first-order valence-corrected chi connectivity index (χ1v) is 11.0. The van der Waals surface area contributed by atoms with Gasteiger partial charge < -0.3 is 29.7 Å². The maximum atomic E-state index is 10.6. The summed E-state index contributed by atoms with van der Waals surface area (Å²) in [5.41, 5.74) is 1.90. The molecular weight excluding hydrogens is 426 g/mol. The standard InChI is InChI=1S/C22H24ClNO5S/c1-2-12-6-8-13(9-7-12)30-17-10-24(18-14(17)4-3-5-15(18)23)22-21(28)20(27)19(26)16(11-25)29-22/h3-10,16,19-22,25-28H,2,11H2,1H3/t16-,19-,20+,21-,22-/m1/s1. The van der Waals surface area contributed by atoms with Crippen molar-refractivity contribution in [3.8, 4) is 0 Å². The van der Waals surface area contributed by atoms with Gasteiger partial charge in [0.2, 0.25) is 0 Å². The molecule has 1 aromatic heterocycles. The third-order valence-corrected chi connectivity index (χ3v) is 6.83. The second-order valence-electron chi connectivity index (χ2n) is 7.36. The predicted molar refractivity (Wildman–Crippen MR) is 116 cm³/mol. The van der Waals surface area contributed by atoms with Gasteiger partial charge >= 0.3 is 0 Å². The highest BCUT2D eigenvalue weighted by Crippen LogP contribution is 2.41. The fourth-order valence-electron chi connectivity index (χ4n) is 3.75. The summed E-state index contributed by atoms with van der Waals surface area (Å²) in [5, 5.41) is 41.8. The third-order valence-electron chi connectivity index (χ3n) is 5.47. The molecule has 1 fully saturated rings. The molecule has 1 aliphatic heterocycles. The lowest BCUT2D eigenvalue weighted by atomic mass is 9.98. The number of halogens is 1. The van der Waals surface area contributed by atoms with Crippen molar-refractivity contribution in [2.75, 3.05) is 6.61 Å². The summed E-state index contributed by atoms with van der Waals surface area (Å²) < 4.78 is 7.43. The molecule has 5 atom stereocenters. The average molecular weight is 450 g/mol. The molecule has 0 saturated carbocycles. The van der Waals surface area contributed by atoms with Gasteiger partial charge in [0.15, 0.2) is 6.23 Å². The Hall–Kier alpha value is -1.58. The lowest BCUT2D eigenvalue weighted by Crippen LogP contribution is -2.56. The van der Waals surface area contributed by atoms with E-state index in [0.717, 1.165) is 21.6 Å². The van der Waals surface area contributed by atoms with Crippen molar-refractivity contribution in [1.82, 2.24) is 4.57 Å². The molecule has 2 heterocycles. The Morgan fingerprint density at radius 1 is 1.03 bits per heavy atom. The van der Waals surface area contributed by atoms with Gasteiger partial charge in [0.1, 0.15) is 24.4 Å². The predicted octanol–water partition coefficient (Wildman–Crippen LogP) is 2.98. The summed E-state index contributed by atoms with van der Waals surface area (Å²) >= 11 is 8.05. The second-order valence-corrected chi connectivity index (χ2v) is 8.88. The number of ether oxygens (including phenoxy) is 1. The Balaban J connectivity index is 1.76. The van der Waals surface area contributed by atoms with E-state index in [4.69, 9.17) is 16.3 Å². The molecule has 4 rings (SSSR count). The number of nitrogens with zero attached hydrogens (tertiary/aromatic N) is 1. The summed E-state index contributed by atoms with van der Waals surface area (Å²) in [6.45, 7) is 1.62. The second kappa shape index (κ2) is 8.88. The molecule has 6 nitrogen and oxygen atoms in total. The lowest BCUT2D eigenvalue weighted by Gasteiger charge is -2.40. The number of aryl methyl sites for hydroxylation is 1. The number of fused-ring (bicyclic) bond motifs is 1. The molecule has 2 aromatic carbocycles. The van der Waals surface area contributed by atoms with Crippen LogP contribution in [0, 0.1) is 0 Å². The Morgan fingerprint density at radius 3 is 2.43 bits per heavy atom. The van der Waals surface area contributed by atoms with Gasteiger partial charge in [0.05, 0.1) is 17.1 Å². The van der Waals surface area contributed by atoms with E-state index >= 15 is 0 Å². The molecule has 4 N–H and O–H groups in total. The average Bonchev–Trinajstić information content (AvgIpc) is 3.12. The van der Waals surface area contributed by atoms with Gasteiger partial charge in [-0.05, 0) is 30.2 Å². The molecule has 0 radical (unpaired) electrons. The zero-order valence-corrected chi connectivity index (χ0v) is 17.9. The van der Waals surface area contributed by atoms with E-state index in [1.54, 1.807) is 22.4 Å². The SMILES string of the molecule is CCc1ccc(Sc2cn([C@@H]3O[C@H](CO)[C@@H](O)[C@H](O)[C@H]3O)c3c(Cl)cccc23)cc1. The zero-order valence-electron chi connectivity index (χ0n) is 16.4. The monoisotopic (exact) mass is 449 g/mol. The number of aliphatic hydroxyl groups is 4. The first kappa shape index (κ1) is 21.6. The fourth-order valence-corrected chi connectivity index (χ4v) is 4.99. The minimum Gasteiger partial charge on any atom is -0.394 e. The smallest absolute Gasteiger partial charge is 0.163 e. The zero-order chi connectivity index (χ0) is 21.4. The summed E-state index contributed by atoms with van der Waals surface area (Å²) in [4.78, 5) is 1.97. The van der Waals surface area contributed by atoms with E-state index in [0.29, 0.717) is 10.5 Å². The Labute approximate surface area is 183 Å². The van der Waals surface area contributed by atoms with Crippen LogP contribution in [0.25, 0.3) is 10.9 Å². The molecule has 30 heavy (non-hydrogen) atoms. The molecule has 0 aliphatic carbocycles. The topological polar surface area (TPSA) is 95.1 Å². The van der Waals surface area contributed by atoms with E-state index in [1.807, 2.05) is 18.3 Å². The van der Waals surface area contributed by atoms with Crippen molar-refractivity contribution in [2.24, 2.45) is 0 Å². The quantitative estimate of drug-likeness (QED) is 0.478. The summed E-state index contributed by atoms with van der Waals surface area (Å²) in [6, 6.07) is 13.8. The van der Waals surface area contributed by atoms with Crippen LogP contribution in [0.2, 0.25) is 5.02 Å². The van der Waals surface area contributed by atoms with Gasteiger partial charge in [-0.2, -0.15) is 0 Å². The van der Waals surface area contributed by atoms with Gasteiger partial charge in [-0.3, -0.25) is 0 Å². The Bertz CT molecular complexity index is 1020. The molecule has 0 spiro atoms. The van der Waals surface area contributed by atoms with Crippen LogP contribution in [0.3, 0.4) is 0 Å². The van der Waals surface area contributed by atoms with Crippen LogP contribution in [-0.4, -0.2) is 56.0 Å². The number of hydrogen-bond donors (Lipinski definition) is 4. The van der Waals surface area contributed by atoms with Gasteiger partial charge in [-0.15, -0.1) is 0 Å². The van der Waals surface area contributed by atoms with Crippen LogP contribution < -0.4 is 0 Å². The van der Waals surface area contributed by atoms with Gasteiger partial charge in [0.25, 0.3) is 0 Å². The van der Waals surface area contributed by atoms with E-state index < -0.39 is 37.3 Å². The van der Waals surface area contributed by atoms with Gasteiger partial charge in [-0.25, -0.2) is 0 Å². The maximum absolute atomic E-state index is 10.6. The molecule has 0 bridgehead atoms. The molecule has 0 unspecified atom stereocenters. The molecule has 8 heteroatoms. The highest BCUT2D eigenvalue weighted by molar-refractivity contribution is 7.99. The van der Waals surface area contributed by atoms with Gasteiger partial charge in [-0.1, -0.05) is 54.6 Å². The minimum absolute atomic E-state index is 0.470. The maximum Gasteiger partial charge on any atom is 0.163 e. The highest BCUT2D eigenvalue weighted by Gasteiger charge is 2.44. The van der Waals surface area contributed by atoms with Crippen molar-refractivity contribution in [3.05, 3.63) is 59.2 Å². The van der Waals surface area contributed by atoms with E-state index in [1.165, 1.54) is 5.56 Å². The van der Waals surface area contributed by atoms with Crippen molar-refractivity contribution in [3.63, 3.8) is 0 Å². The number of benzene rings is 2. The first-order chi connectivity index (χ1) is 14.4. The van der Waals surface area contributed by atoms with Gasteiger partial charge in [0, 0.05) is 21.4 Å². The summed E-state index contributed by atoms with van der Waals surface area (Å²) in [7, 11) is 0. The van der Waals surface area contributed by atoms with Crippen LogP contribution in [0.4, 0.5) is 0 Å². The third kappa shape index (κ3) is 3.87. The largest absolute Gasteiger partial charge is 0.394 e. The Morgan fingerprint density at radius 2 is 1.77 bits per heavy atom. The first-order valence-electron chi connectivity index (χ1n) is 9.81. The van der Waals surface area contributed by atoms with Crippen molar-refractivity contribution in [1.29, 1.82) is 0 Å². The minimum atomic E-state index is -1.46. The molecular formula is C22H24ClNO5S. The summed E-state index contributed by atoms with van der Waals surface area (Å²) in [6.07, 6.45) is -3.48. The van der Waals surface area contributed by atoms with Crippen molar-refractivity contribution < 1.29 is 25.2 Å². The summed E-state index contributed by atoms with van der Waals surface area (Å²) in [5.74, 6) is 0. The Kier molecular flexibility index (Phi) is 6.41.